The van der Waals surface area contributed by atoms with E-state index >= 15 is 0 Å². The van der Waals surface area contributed by atoms with Crippen molar-refractivity contribution in [3.05, 3.63) is 31.8 Å². The number of aromatic nitrogens is 2. The fourth-order valence-corrected chi connectivity index (χ4v) is 3.68. The molecular formula is C12H10Br2N2O2S. The second-order valence-corrected chi connectivity index (χ2v) is 6.60. The molecule has 19 heavy (non-hydrogen) atoms. The smallest absolute Gasteiger partial charge is 0.358 e. The lowest BCUT2D eigenvalue weighted by atomic mass is 10.3. The van der Waals surface area contributed by atoms with Crippen molar-refractivity contribution < 1.29 is 9.53 Å². The molecule has 0 amide bonds. The zero-order valence-electron chi connectivity index (χ0n) is 10.2. The number of carbonyl (C=O) groups excluding carboxylic acids is 1. The third-order valence-electron chi connectivity index (χ3n) is 2.28. The number of thiazole rings is 1. The molecule has 0 N–H and O–H groups in total. The SMILES string of the molecule is CCOC(=O)c1nc(-c2ncc(Br)cc2Br)sc1C. The zero-order valence-corrected chi connectivity index (χ0v) is 14.2. The van der Waals surface area contributed by atoms with Crippen LogP contribution in [-0.4, -0.2) is 22.5 Å². The van der Waals surface area contributed by atoms with Gasteiger partial charge >= 0.3 is 5.97 Å². The van der Waals surface area contributed by atoms with E-state index in [-0.39, 0.29) is 0 Å². The molecule has 2 aromatic rings. The maximum absolute atomic E-state index is 11.7. The fraction of sp³-hybridized carbons (Fsp3) is 0.250. The summed E-state index contributed by atoms with van der Waals surface area (Å²) in [6.07, 6.45) is 1.70. The third-order valence-corrected chi connectivity index (χ3v) is 4.29. The Morgan fingerprint density at radius 2 is 2.21 bits per heavy atom. The van der Waals surface area contributed by atoms with Crippen molar-refractivity contribution in [3.63, 3.8) is 0 Å². The Morgan fingerprint density at radius 1 is 1.47 bits per heavy atom. The number of halogens is 2. The standard InChI is InChI=1S/C12H10Br2N2O2S/c1-3-18-12(17)9-6(2)19-11(16-9)10-8(14)4-7(13)5-15-10/h4-5H,3H2,1-2H3. The lowest BCUT2D eigenvalue weighted by Gasteiger charge is -2.00. The van der Waals surface area contributed by atoms with Crippen LogP contribution in [0.5, 0.6) is 0 Å². The molecule has 0 atom stereocenters. The number of nitrogens with zero attached hydrogens (tertiary/aromatic N) is 2. The first-order chi connectivity index (χ1) is 9.02. The number of aryl methyl sites for hydroxylation is 1. The van der Waals surface area contributed by atoms with Crippen LogP contribution >= 0.6 is 43.2 Å². The van der Waals surface area contributed by atoms with Gasteiger partial charge in [-0.25, -0.2) is 9.78 Å². The second-order valence-electron chi connectivity index (χ2n) is 3.63. The Bertz CT molecular complexity index is 628. The van der Waals surface area contributed by atoms with Gasteiger partial charge in [0.15, 0.2) is 5.69 Å². The predicted molar refractivity (Wildman–Crippen MR) is 81.4 cm³/mol. The van der Waals surface area contributed by atoms with E-state index < -0.39 is 5.97 Å². The molecule has 0 aliphatic carbocycles. The van der Waals surface area contributed by atoms with Gasteiger partial charge in [0.05, 0.1) is 6.61 Å². The van der Waals surface area contributed by atoms with Gasteiger partial charge in [0, 0.05) is 20.0 Å². The molecule has 0 unspecified atom stereocenters. The van der Waals surface area contributed by atoms with E-state index in [9.17, 15) is 4.79 Å². The summed E-state index contributed by atoms with van der Waals surface area (Å²) in [7, 11) is 0. The molecule has 2 rings (SSSR count). The van der Waals surface area contributed by atoms with E-state index in [1.807, 2.05) is 13.0 Å². The highest BCUT2D eigenvalue weighted by molar-refractivity contribution is 9.11. The summed E-state index contributed by atoms with van der Waals surface area (Å²) in [5.74, 6) is -0.393. The summed E-state index contributed by atoms with van der Waals surface area (Å²) in [6.45, 7) is 3.96. The molecule has 0 spiro atoms. The van der Waals surface area contributed by atoms with Crippen LogP contribution < -0.4 is 0 Å². The Kier molecular flexibility index (Phi) is 4.70. The van der Waals surface area contributed by atoms with Gasteiger partial charge in [-0.1, -0.05) is 0 Å². The van der Waals surface area contributed by atoms with Gasteiger partial charge in [-0.3, -0.25) is 4.98 Å². The van der Waals surface area contributed by atoms with Crippen LogP contribution in [0.2, 0.25) is 0 Å². The molecule has 7 heteroatoms. The van der Waals surface area contributed by atoms with E-state index in [1.165, 1.54) is 11.3 Å². The minimum Gasteiger partial charge on any atom is -0.461 e. The molecular weight excluding hydrogens is 396 g/mol. The molecule has 0 aromatic carbocycles. The van der Waals surface area contributed by atoms with E-state index in [4.69, 9.17) is 4.74 Å². The van der Waals surface area contributed by atoms with Crippen molar-refractivity contribution in [1.29, 1.82) is 0 Å². The molecule has 0 saturated carbocycles. The number of hydrogen-bond acceptors (Lipinski definition) is 5. The van der Waals surface area contributed by atoms with Crippen molar-refractivity contribution in [3.8, 4) is 10.7 Å². The maximum Gasteiger partial charge on any atom is 0.358 e. The number of carbonyl (C=O) groups is 1. The van der Waals surface area contributed by atoms with E-state index in [1.54, 1.807) is 13.1 Å². The first-order valence-electron chi connectivity index (χ1n) is 5.49. The number of ether oxygens (including phenoxy) is 1. The first-order valence-corrected chi connectivity index (χ1v) is 7.89. The molecule has 2 heterocycles. The van der Waals surface area contributed by atoms with Crippen LogP contribution in [0.25, 0.3) is 10.7 Å². The van der Waals surface area contributed by atoms with Crippen molar-refractivity contribution in [2.75, 3.05) is 6.61 Å². The van der Waals surface area contributed by atoms with Gasteiger partial charge in [-0.05, 0) is 51.8 Å². The average Bonchev–Trinajstić information content (AvgIpc) is 2.71. The van der Waals surface area contributed by atoms with E-state index in [0.29, 0.717) is 23.0 Å². The average molecular weight is 406 g/mol. The van der Waals surface area contributed by atoms with Crippen molar-refractivity contribution in [2.45, 2.75) is 13.8 Å². The minimum atomic E-state index is -0.393. The predicted octanol–water partition coefficient (Wildman–Crippen LogP) is 4.22. The van der Waals surface area contributed by atoms with Crippen molar-refractivity contribution in [2.24, 2.45) is 0 Å². The highest BCUT2D eigenvalue weighted by Crippen LogP contribution is 2.32. The molecule has 0 radical (unpaired) electrons. The third kappa shape index (κ3) is 3.21. The van der Waals surface area contributed by atoms with Crippen LogP contribution in [0, 0.1) is 6.92 Å². The van der Waals surface area contributed by atoms with Gasteiger partial charge in [0.2, 0.25) is 0 Å². The Labute approximate surface area is 131 Å². The largest absolute Gasteiger partial charge is 0.461 e. The van der Waals surface area contributed by atoms with Crippen LogP contribution in [0.1, 0.15) is 22.3 Å². The van der Waals surface area contributed by atoms with Crippen LogP contribution in [-0.2, 0) is 4.74 Å². The molecule has 0 bridgehead atoms. The molecule has 2 aromatic heterocycles. The summed E-state index contributed by atoms with van der Waals surface area (Å²) in [5, 5.41) is 0.694. The van der Waals surface area contributed by atoms with Gasteiger partial charge in [0.25, 0.3) is 0 Å². The molecule has 0 fully saturated rings. The second kappa shape index (κ2) is 6.11. The topological polar surface area (TPSA) is 52.1 Å². The summed E-state index contributed by atoms with van der Waals surface area (Å²) < 4.78 is 6.67. The Morgan fingerprint density at radius 3 is 2.84 bits per heavy atom. The van der Waals surface area contributed by atoms with Crippen molar-refractivity contribution in [1.82, 2.24) is 9.97 Å². The molecule has 0 aliphatic rings. The monoisotopic (exact) mass is 404 g/mol. The normalized spacial score (nSPS) is 10.5. The fourth-order valence-electron chi connectivity index (χ4n) is 1.46. The highest BCUT2D eigenvalue weighted by atomic mass is 79.9. The van der Waals surface area contributed by atoms with Crippen LogP contribution in [0.3, 0.4) is 0 Å². The number of esters is 1. The number of pyridine rings is 1. The molecule has 0 aliphatic heterocycles. The molecule has 0 saturated heterocycles. The molecule has 100 valence electrons. The quantitative estimate of drug-likeness (QED) is 0.717. The number of rotatable bonds is 3. The first kappa shape index (κ1) is 14.6. The van der Waals surface area contributed by atoms with Crippen LogP contribution in [0.15, 0.2) is 21.2 Å². The lowest BCUT2D eigenvalue weighted by Crippen LogP contribution is -2.06. The summed E-state index contributed by atoms with van der Waals surface area (Å²) in [4.78, 5) is 21.2. The van der Waals surface area contributed by atoms with E-state index in [2.05, 4.69) is 41.8 Å². The Hall–Kier alpha value is -0.790. The van der Waals surface area contributed by atoms with E-state index in [0.717, 1.165) is 13.8 Å². The Balaban J connectivity index is 2.42. The van der Waals surface area contributed by atoms with Gasteiger partial charge in [-0.15, -0.1) is 11.3 Å². The summed E-state index contributed by atoms with van der Waals surface area (Å²) in [5.41, 5.74) is 1.07. The van der Waals surface area contributed by atoms with Gasteiger partial charge < -0.3 is 4.74 Å². The minimum absolute atomic E-state index is 0.339. The van der Waals surface area contributed by atoms with Gasteiger partial charge in [-0.2, -0.15) is 0 Å². The van der Waals surface area contributed by atoms with Crippen LogP contribution in [0.4, 0.5) is 0 Å². The maximum atomic E-state index is 11.7. The summed E-state index contributed by atoms with van der Waals surface area (Å²) >= 11 is 8.21. The molecule has 4 nitrogen and oxygen atoms in total. The van der Waals surface area contributed by atoms with Gasteiger partial charge in [0.1, 0.15) is 10.7 Å². The lowest BCUT2D eigenvalue weighted by molar-refractivity contribution is 0.0519. The van der Waals surface area contributed by atoms with Crippen molar-refractivity contribution >= 4 is 49.2 Å². The highest BCUT2D eigenvalue weighted by Gasteiger charge is 2.19. The zero-order chi connectivity index (χ0) is 14.0. The number of hydrogen-bond donors (Lipinski definition) is 0. The summed E-state index contributed by atoms with van der Waals surface area (Å²) in [6, 6.07) is 1.89.